The van der Waals surface area contributed by atoms with Gasteiger partial charge >= 0.3 is 0 Å². The predicted octanol–water partition coefficient (Wildman–Crippen LogP) is 1.50. The summed E-state index contributed by atoms with van der Waals surface area (Å²) in [5.41, 5.74) is 6.56. The molecule has 2 rings (SSSR count). The van der Waals surface area contributed by atoms with E-state index in [1.807, 2.05) is 11.9 Å². The zero-order valence-electron chi connectivity index (χ0n) is 10.7. The van der Waals surface area contributed by atoms with Gasteiger partial charge in [0.05, 0.1) is 0 Å². The van der Waals surface area contributed by atoms with Gasteiger partial charge in [0.15, 0.2) is 17.3 Å². The summed E-state index contributed by atoms with van der Waals surface area (Å²) in [4.78, 5) is 2.03. The van der Waals surface area contributed by atoms with Crippen molar-refractivity contribution in [2.45, 2.75) is 19.4 Å². The molecule has 1 heterocycles. The number of aromatic hydroxyl groups is 2. The number of halogens is 1. The maximum absolute atomic E-state index is 14.0. The molecule has 0 radical (unpaired) electrons. The first-order chi connectivity index (χ1) is 8.45. The molecule has 0 bridgehead atoms. The molecule has 0 aromatic heterocycles. The number of hydrogen-bond acceptors (Lipinski definition) is 4. The van der Waals surface area contributed by atoms with Crippen molar-refractivity contribution in [3.8, 4) is 11.5 Å². The number of likely N-dealkylation sites (tertiary alicyclic amines) is 1. The van der Waals surface area contributed by atoms with Crippen molar-refractivity contribution in [2.24, 2.45) is 11.7 Å². The smallest absolute Gasteiger partial charge is 0.194 e. The van der Waals surface area contributed by atoms with Crippen LogP contribution in [0.2, 0.25) is 0 Å². The van der Waals surface area contributed by atoms with Crippen LogP contribution in [-0.4, -0.2) is 35.3 Å². The lowest BCUT2D eigenvalue weighted by Gasteiger charge is -2.21. The average molecular weight is 254 g/mol. The minimum absolute atomic E-state index is 0.0938. The lowest BCUT2D eigenvalue weighted by atomic mass is 9.97. The zero-order chi connectivity index (χ0) is 13.4. The highest BCUT2D eigenvalue weighted by atomic mass is 19.1. The number of phenolic OH excluding ortho intramolecular Hbond substituents is 2. The van der Waals surface area contributed by atoms with Crippen LogP contribution in [0, 0.1) is 18.7 Å². The fourth-order valence-corrected chi connectivity index (χ4v) is 2.67. The number of nitrogens with zero attached hydrogens (tertiary/aromatic N) is 1. The summed E-state index contributed by atoms with van der Waals surface area (Å²) in [6, 6.07) is 1.51. The van der Waals surface area contributed by atoms with Gasteiger partial charge in [-0.25, -0.2) is 4.39 Å². The molecule has 2 unspecified atom stereocenters. The zero-order valence-corrected chi connectivity index (χ0v) is 10.7. The van der Waals surface area contributed by atoms with Crippen molar-refractivity contribution in [3.05, 3.63) is 23.0 Å². The van der Waals surface area contributed by atoms with E-state index in [9.17, 15) is 14.6 Å². The van der Waals surface area contributed by atoms with Gasteiger partial charge in [-0.1, -0.05) is 0 Å². The van der Waals surface area contributed by atoms with Crippen LogP contribution < -0.4 is 5.73 Å². The first-order valence-electron chi connectivity index (χ1n) is 6.07. The standard InChI is InChI=1S/C13H19FN2O2/c1-7-3-9(11(14)13(18)12(7)17)10-4-8(5-15)6-16(10)2/h3,8,10,17-18H,4-6,15H2,1-2H3. The van der Waals surface area contributed by atoms with Crippen LogP contribution in [0.25, 0.3) is 0 Å². The number of aryl methyl sites for hydroxylation is 1. The summed E-state index contributed by atoms with van der Waals surface area (Å²) in [5.74, 6) is -1.43. The molecule has 1 fully saturated rings. The Labute approximate surface area is 106 Å². The molecule has 1 aromatic rings. The van der Waals surface area contributed by atoms with Crippen LogP contribution in [0.5, 0.6) is 11.5 Å². The topological polar surface area (TPSA) is 69.7 Å². The molecule has 0 spiro atoms. The van der Waals surface area contributed by atoms with E-state index >= 15 is 0 Å². The molecule has 5 heteroatoms. The molecule has 1 aliphatic rings. The van der Waals surface area contributed by atoms with E-state index in [0.29, 0.717) is 23.6 Å². The molecular weight excluding hydrogens is 235 g/mol. The minimum Gasteiger partial charge on any atom is -0.504 e. The van der Waals surface area contributed by atoms with Gasteiger partial charge in [0, 0.05) is 18.2 Å². The Balaban J connectivity index is 2.40. The Bertz CT molecular complexity index is 465. The van der Waals surface area contributed by atoms with Crippen molar-refractivity contribution in [1.29, 1.82) is 0 Å². The summed E-state index contributed by atoms with van der Waals surface area (Å²) in [5, 5.41) is 19.1. The summed E-state index contributed by atoms with van der Waals surface area (Å²) < 4.78 is 14.0. The quantitative estimate of drug-likeness (QED) is 0.699. The second kappa shape index (κ2) is 4.74. The highest BCUT2D eigenvalue weighted by Gasteiger charge is 2.33. The molecule has 0 amide bonds. The van der Waals surface area contributed by atoms with Crippen LogP contribution in [0.4, 0.5) is 4.39 Å². The molecule has 0 aliphatic carbocycles. The van der Waals surface area contributed by atoms with Crippen molar-refractivity contribution in [2.75, 3.05) is 20.1 Å². The summed E-state index contributed by atoms with van der Waals surface area (Å²) in [6.45, 7) is 3.04. The highest BCUT2D eigenvalue weighted by molar-refractivity contribution is 5.49. The third-order valence-electron chi connectivity index (χ3n) is 3.76. The molecule has 0 saturated carbocycles. The normalized spacial score (nSPS) is 24.7. The SMILES string of the molecule is Cc1cc(C2CC(CN)CN2C)c(F)c(O)c1O. The predicted molar refractivity (Wildman–Crippen MR) is 67.0 cm³/mol. The van der Waals surface area contributed by atoms with Crippen molar-refractivity contribution >= 4 is 0 Å². The molecule has 1 aromatic carbocycles. The van der Waals surface area contributed by atoms with E-state index < -0.39 is 11.6 Å². The molecule has 4 nitrogen and oxygen atoms in total. The van der Waals surface area contributed by atoms with Gasteiger partial charge in [0.1, 0.15) is 0 Å². The number of phenols is 2. The third kappa shape index (κ3) is 2.04. The highest BCUT2D eigenvalue weighted by Crippen LogP contribution is 2.41. The molecule has 100 valence electrons. The van der Waals surface area contributed by atoms with Crippen LogP contribution in [-0.2, 0) is 0 Å². The Morgan fingerprint density at radius 1 is 1.44 bits per heavy atom. The van der Waals surface area contributed by atoms with Gasteiger partial charge in [-0.15, -0.1) is 0 Å². The second-order valence-corrected chi connectivity index (χ2v) is 5.09. The van der Waals surface area contributed by atoms with Gasteiger partial charge in [0.25, 0.3) is 0 Å². The number of nitrogens with two attached hydrogens (primary N) is 1. The Morgan fingerprint density at radius 2 is 2.11 bits per heavy atom. The van der Waals surface area contributed by atoms with E-state index in [1.54, 1.807) is 13.0 Å². The summed E-state index contributed by atoms with van der Waals surface area (Å²) in [7, 11) is 1.92. The fraction of sp³-hybridized carbons (Fsp3) is 0.538. The first-order valence-corrected chi connectivity index (χ1v) is 6.07. The third-order valence-corrected chi connectivity index (χ3v) is 3.76. The van der Waals surface area contributed by atoms with E-state index in [-0.39, 0.29) is 11.8 Å². The molecule has 1 aliphatic heterocycles. The number of benzene rings is 1. The number of hydrogen-bond donors (Lipinski definition) is 3. The first kappa shape index (κ1) is 13.1. The van der Waals surface area contributed by atoms with Crippen molar-refractivity contribution < 1.29 is 14.6 Å². The van der Waals surface area contributed by atoms with Crippen molar-refractivity contribution in [1.82, 2.24) is 4.90 Å². The van der Waals surface area contributed by atoms with Gasteiger partial charge in [-0.05, 0) is 44.5 Å². The second-order valence-electron chi connectivity index (χ2n) is 5.09. The monoisotopic (exact) mass is 254 g/mol. The maximum Gasteiger partial charge on any atom is 0.194 e. The molecule has 1 saturated heterocycles. The Hall–Kier alpha value is -1.33. The van der Waals surface area contributed by atoms with Crippen LogP contribution in [0.1, 0.15) is 23.6 Å². The number of rotatable bonds is 2. The van der Waals surface area contributed by atoms with Crippen LogP contribution in [0.3, 0.4) is 0 Å². The average Bonchev–Trinajstić information content (AvgIpc) is 2.72. The minimum atomic E-state index is -0.729. The fourth-order valence-electron chi connectivity index (χ4n) is 2.67. The Kier molecular flexibility index (Phi) is 3.45. The van der Waals surface area contributed by atoms with Crippen LogP contribution >= 0.6 is 0 Å². The van der Waals surface area contributed by atoms with E-state index in [4.69, 9.17) is 5.73 Å². The Morgan fingerprint density at radius 3 is 2.67 bits per heavy atom. The van der Waals surface area contributed by atoms with Gasteiger partial charge < -0.3 is 15.9 Å². The lowest BCUT2D eigenvalue weighted by Crippen LogP contribution is -2.21. The summed E-state index contributed by atoms with van der Waals surface area (Å²) >= 11 is 0. The van der Waals surface area contributed by atoms with Crippen LogP contribution in [0.15, 0.2) is 6.07 Å². The van der Waals surface area contributed by atoms with E-state index in [1.165, 1.54) is 0 Å². The van der Waals surface area contributed by atoms with Gasteiger partial charge in [0.2, 0.25) is 0 Å². The largest absolute Gasteiger partial charge is 0.504 e. The lowest BCUT2D eigenvalue weighted by molar-refractivity contribution is 0.300. The summed E-state index contributed by atoms with van der Waals surface area (Å²) in [6.07, 6.45) is 0.771. The molecule has 4 N–H and O–H groups in total. The van der Waals surface area contributed by atoms with Gasteiger partial charge in [-0.3, -0.25) is 4.90 Å². The van der Waals surface area contributed by atoms with Gasteiger partial charge in [-0.2, -0.15) is 0 Å². The molecule has 2 atom stereocenters. The van der Waals surface area contributed by atoms with Crippen molar-refractivity contribution in [3.63, 3.8) is 0 Å². The van der Waals surface area contributed by atoms with E-state index in [0.717, 1.165) is 13.0 Å². The molecular formula is C13H19FN2O2. The maximum atomic E-state index is 14.0. The van der Waals surface area contributed by atoms with E-state index in [2.05, 4.69) is 0 Å². The molecule has 18 heavy (non-hydrogen) atoms.